The highest BCUT2D eigenvalue weighted by atomic mass is 16.5. The molecular formula is C72H41B2N5O. The molecule has 0 unspecified atom stereocenters. The number of nitrogens with zero attached hydrogens (tertiary/aromatic N) is 5. The fourth-order valence-corrected chi connectivity index (χ4v) is 15.6. The average Bonchev–Trinajstić information content (AvgIpc) is 4.16. The summed E-state index contributed by atoms with van der Waals surface area (Å²) >= 11 is 0. The Bertz CT molecular complexity index is 5400. The lowest BCUT2D eigenvalue weighted by atomic mass is 9.31. The number of benzene rings is 12. The van der Waals surface area contributed by atoms with Gasteiger partial charge in [0.1, 0.15) is 11.5 Å². The lowest BCUT2D eigenvalue weighted by molar-refractivity contribution is 0.487. The first-order valence-corrected chi connectivity index (χ1v) is 27.8. The number of aromatic nitrogens is 4. The van der Waals surface area contributed by atoms with Crippen molar-refractivity contribution >= 4 is 150 Å². The topological polar surface area (TPSA) is 32.2 Å². The van der Waals surface area contributed by atoms with Crippen LogP contribution in [0.3, 0.4) is 0 Å². The van der Waals surface area contributed by atoms with Crippen molar-refractivity contribution in [2.24, 2.45) is 0 Å². The highest BCUT2D eigenvalue weighted by molar-refractivity contribution is 7.02. The SMILES string of the molecule is c1ccc(N2c3cc4c(cc3B3c5c2cc(-n2c6ccccc6c6ccccc62)cc5-n2c5ccccc5c5cccc3c52)B2c3c(cc(-n5c6ccccc6c6ccccc65)cc3-n3c5ccccc5c5cccc2c53)O4)cc1. The maximum Gasteiger partial charge on any atom is 0.256 e. The number of ether oxygens (including phenoxy) is 1. The summed E-state index contributed by atoms with van der Waals surface area (Å²) in [5.74, 6) is 1.75. The van der Waals surface area contributed by atoms with E-state index < -0.39 is 0 Å². The minimum Gasteiger partial charge on any atom is -0.458 e. The minimum atomic E-state index is -0.115. The summed E-state index contributed by atoms with van der Waals surface area (Å²) in [7, 11) is 0. The van der Waals surface area contributed by atoms with Gasteiger partial charge in [0.2, 0.25) is 0 Å². The predicted molar refractivity (Wildman–Crippen MR) is 334 cm³/mol. The molecule has 16 aromatic rings. The van der Waals surface area contributed by atoms with E-state index in [4.69, 9.17) is 4.74 Å². The van der Waals surface area contributed by atoms with Gasteiger partial charge in [-0.1, -0.05) is 170 Å². The molecule has 0 amide bonds. The highest BCUT2D eigenvalue weighted by Crippen LogP contribution is 2.47. The molecule has 8 heterocycles. The number of para-hydroxylation sites is 9. The number of hydrogen-bond donors (Lipinski definition) is 0. The molecule has 0 saturated carbocycles. The molecule has 12 aromatic carbocycles. The van der Waals surface area contributed by atoms with Gasteiger partial charge in [-0.25, -0.2) is 0 Å². The van der Waals surface area contributed by atoms with Crippen molar-refractivity contribution in [2.45, 2.75) is 0 Å². The molecule has 0 saturated heterocycles. The van der Waals surface area contributed by atoms with Gasteiger partial charge in [-0.05, 0) is 99.5 Å². The van der Waals surface area contributed by atoms with Crippen LogP contribution in [0.1, 0.15) is 0 Å². The fraction of sp³-hybridized carbons (Fsp3) is 0. The molecule has 0 spiro atoms. The van der Waals surface area contributed by atoms with Crippen LogP contribution < -0.4 is 42.4 Å². The summed E-state index contributed by atoms with van der Waals surface area (Å²) < 4.78 is 17.7. The first-order valence-electron chi connectivity index (χ1n) is 27.8. The smallest absolute Gasteiger partial charge is 0.256 e. The Labute approximate surface area is 458 Å². The van der Waals surface area contributed by atoms with E-state index in [0.717, 1.165) is 45.6 Å². The zero-order valence-electron chi connectivity index (χ0n) is 43.0. The Kier molecular flexibility index (Phi) is 7.70. The Hall–Kier alpha value is -10.4. The molecule has 0 atom stereocenters. The zero-order chi connectivity index (χ0) is 51.6. The maximum absolute atomic E-state index is 7.70. The van der Waals surface area contributed by atoms with Gasteiger partial charge in [-0.2, -0.15) is 0 Å². The predicted octanol–water partition coefficient (Wildman–Crippen LogP) is 13.6. The van der Waals surface area contributed by atoms with Crippen LogP contribution in [0.5, 0.6) is 11.5 Å². The lowest BCUT2D eigenvalue weighted by Crippen LogP contribution is -2.63. The van der Waals surface area contributed by atoms with E-state index >= 15 is 0 Å². The molecule has 366 valence electrons. The molecule has 0 radical (unpaired) electrons. The molecular weight excluding hydrogens is 972 g/mol. The third kappa shape index (κ3) is 5.05. The van der Waals surface area contributed by atoms with Crippen LogP contribution in [-0.4, -0.2) is 31.7 Å². The van der Waals surface area contributed by atoms with Gasteiger partial charge in [0.25, 0.3) is 13.4 Å². The standard InChI is InChI=1S/C72H41B2N5O/c1-2-18-42(19-3-1)75-63-41-67-56(74-54-29-17-27-52-50-25-9-15-35-62(50)79(72(52)54)66-38-44(39-68(80-67)70(66)74)77-59-32-12-6-22-47(59)48-23-7-13-33-60(48)77)40-55(63)73-53-28-16-26-51-49-24-8-14-34-61(49)78(71(51)53)65-37-43(36-64(75)69(65)73)76-57-30-10-4-20-45(57)46-21-5-11-31-58(46)76/h1-41H. The third-order valence-corrected chi connectivity index (χ3v) is 18.5. The Morgan fingerprint density at radius 2 is 0.650 bits per heavy atom. The molecule has 4 aliphatic heterocycles. The number of anilines is 3. The van der Waals surface area contributed by atoms with Gasteiger partial charge in [0, 0.05) is 94.7 Å². The minimum absolute atomic E-state index is 0.0997. The Morgan fingerprint density at radius 3 is 1.16 bits per heavy atom. The van der Waals surface area contributed by atoms with Gasteiger partial charge < -0.3 is 27.9 Å². The zero-order valence-corrected chi connectivity index (χ0v) is 43.0. The van der Waals surface area contributed by atoms with Crippen LogP contribution in [0.15, 0.2) is 249 Å². The van der Waals surface area contributed by atoms with E-state index in [1.165, 1.54) is 126 Å². The van der Waals surface area contributed by atoms with Crippen molar-refractivity contribution in [1.29, 1.82) is 0 Å². The number of rotatable bonds is 3. The summed E-state index contributed by atoms with van der Waals surface area (Å²) in [5, 5.41) is 9.98. The molecule has 6 nitrogen and oxygen atoms in total. The van der Waals surface area contributed by atoms with Crippen LogP contribution in [0, 0.1) is 0 Å². The van der Waals surface area contributed by atoms with Gasteiger partial charge in [-0.15, -0.1) is 0 Å². The van der Waals surface area contributed by atoms with E-state index in [0.29, 0.717) is 0 Å². The molecule has 20 rings (SSSR count). The van der Waals surface area contributed by atoms with E-state index in [1.807, 2.05) is 0 Å². The van der Waals surface area contributed by atoms with Crippen molar-refractivity contribution in [3.05, 3.63) is 249 Å². The van der Waals surface area contributed by atoms with Crippen LogP contribution >= 0.6 is 0 Å². The number of fused-ring (bicyclic) bond motifs is 20. The third-order valence-electron chi connectivity index (χ3n) is 18.5. The van der Waals surface area contributed by atoms with E-state index in [1.54, 1.807) is 0 Å². The molecule has 4 aromatic heterocycles. The lowest BCUT2D eigenvalue weighted by Gasteiger charge is -2.42. The Morgan fingerprint density at radius 1 is 0.250 bits per heavy atom. The maximum atomic E-state index is 7.70. The molecule has 4 aliphatic rings. The highest BCUT2D eigenvalue weighted by Gasteiger charge is 2.47. The summed E-state index contributed by atoms with van der Waals surface area (Å²) in [6.07, 6.45) is 0. The first kappa shape index (κ1) is 41.7. The molecule has 0 N–H and O–H groups in total. The van der Waals surface area contributed by atoms with Gasteiger partial charge in [0.15, 0.2) is 0 Å². The second-order valence-electron chi connectivity index (χ2n) is 22.3. The van der Waals surface area contributed by atoms with Crippen molar-refractivity contribution in [1.82, 2.24) is 18.3 Å². The van der Waals surface area contributed by atoms with Crippen LogP contribution in [-0.2, 0) is 0 Å². The van der Waals surface area contributed by atoms with E-state index in [-0.39, 0.29) is 13.4 Å². The van der Waals surface area contributed by atoms with Gasteiger partial charge in [0.05, 0.1) is 44.5 Å². The molecule has 80 heavy (non-hydrogen) atoms. The van der Waals surface area contributed by atoms with Gasteiger partial charge >= 0.3 is 0 Å². The molecule has 8 heteroatoms. The average molecular weight is 1010 g/mol. The summed E-state index contributed by atoms with van der Waals surface area (Å²) in [4.78, 5) is 2.54. The molecule has 0 aliphatic carbocycles. The summed E-state index contributed by atoms with van der Waals surface area (Å²) in [5.41, 5.74) is 25.1. The Balaban J connectivity index is 0.914. The summed E-state index contributed by atoms with van der Waals surface area (Å²) in [6.45, 7) is -0.214. The quantitative estimate of drug-likeness (QED) is 0.165. The largest absolute Gasteiger partial charge is 0.458 e. The fourth-order valence-electron chi connectivity index (χ4n) is 15.6. The second kappa shape index (κ2) is 14.8. The monoisotopic (exact) mass is 1010 g/mol. The van der Waals surface area contributed by atoms with Crippen LogP contribution in [0.4, 0.5) is 17.1 Å². The van der Waals surface area contributed by atoms with Crippen LogP contribution in [0.25, 0.3) is 110 Å². The van der Waals surface area contributed by atoms with Crippen molar-refractivity contribution in [3.8, 4) is 34.2 Å². The van der Waals surface area contributed by atoms with Crippen molar-refractivity contribution in [2.75, 3.05) is 4.90 Å². The normalized spacial score (nSPS) is 13.5. The number of hydrogen-bond acceptors (Lipinski definition) is 2. The second-order valence-corrected chi connectivity index (χ2v) is 22.3. The van der Waals surface area contributed by atoms with Crippen LogP contribution in [0.2, 0.25) is 0 Å². The first-order chi connectivity index (χ1) is 39.7. The van der Waals surface area contributed by atoms with Crippen molar-refractivity contribution < 1.29 is 4.74 Å². The van der Waals surface area contributed by atoms with E-state index in [9.17, 15) is 0 Å². The van der Waals surface area contributed by atoms with E-state index in [2.05, 4.69) is 272 Å². The molecule has 0 fully saturated rings. The van der Waals surface area contributed by atoms with Gasteiger partial charge in [-0.3, -0.25) is 0 Å². The summed E-state index contributed by atoms with van der Waals surface area (Å²) in [6, 6.07) is 93.0. The van der Waals surface area contributed by atoms with Crippen molar-refractivity contribution in [3.63, 3.8) is 0 Å². The molecule has 0 bridgehead atoms.